The number of halogens is 1. The molecule has 0 aliphatic heterocycles. The number of thiophene rings is 1. The summed E-state index contributed by atoms with van der Waals surface area (Å²) >= 11 is 7.57. The highest BCUT2D eigenvalue weighted by Crippen LogP contribution is 2.42. The first-order valence-corrected chi connectivity index (χ1v) is 13.7. The Morgan fingerprint density at radius 3 is 2.56 bits per heavy atom. The average Bonchev–Trinajstić information content (AvgIpc) is 3.38. The quantitative estimate of drug-likeness (QED) is 0.145. The zero-order chi connectivity index (χ0) is 27.5. The van der Waals surface area contributed by atoms with Gasteiger partial charge in [0.2, 0.25) is 0 Å². The van der Waals surface area contributed by atoms with Crippen molar-refractivity contribution in [3.63, 3.8) is 0 Å². The van der Waals surface area contributed by atoms with E-state index in [2.05, 4.69) is 20.7 Å². The molecule has 1 N–H and O–H groups in total. The van der Waals surface area contributed by atoms with E-state index in [0.29, 0.717) is 23.9 Å². The summed E-state index contributed by atoms with van der Waals surface area (Å²) in [4.78, 5) is 44.2. The summed E-state index contributed by atoms with van der Waals surface area (Å²) in [6.45, 7) is 0. The first kappa shape index (κ1) is 26.7. The Labute approximate surface area is 233 Å². The number of fused-ring (bicyclic) bond motifs is 1. The van der Waals surface area contributed by atoms with Gasteiger partial charge in [0, 0.05) is 28.8 Å². The van der Waals surface area contributed by atoms with Gasteiger partial charge in [0.05, 0.1) is 27.9 Å². The van der Waals surface area contributed by atoms with E-state index in [1.165, 1.54) is 30.9 Å². The van der Waals surface area contributed by atoms with Crippen LogP contribution in [0.4, 0.5) is 11.4 Å². The van der Waals surface area contributed by atoms with E-state index in [-0.39, 0.29) is 22.2 Å². The highest BCUT2D eigenvalue weighted by atomic mass is 35.5. The van der Waals surface area contributed by atoms with Crippen molar-refractivity contribution >= 4 is 56.4 Å². The largest absolute Gasteiger partial charge is 0.469 e. The van der Waals surface area contributed by atoms with Crippen molar-refractivity contribution in [3.8, 4) is 11.3 Å². The molecule has 0 radical (unpaired) electrons. The lowest BCUT2D eigenvalue weighted by Gasteiger charge is -2.27. The summed E-state index contributed by atoms with van der Waals surface area (Å²) in [5.41, 5.74) is 3.90. The highest BCUT2D eigenvalue weighted by Gasteiger charge is 2.27. The van der Waals surface area contributed by atoms with Crippen LogP contribution in [-0.4, -0.2) is 33.9 Å². The van der Waals surface area contributed by atoms with Crippen molar-refractivity contribution in [2.75, 3.05) is 12.4 Å². The minimum absolute atomic E-state index is 0.112. The molecule has 39 heavy (non-hydrogen) atoms. The molecule has 2 aromatic carbocycles. The smallest absolute Gasteiger partial charge is 0.305 e. The summed E-state index contributed by atoms with van der Waals surface area (Å²) in [7, 11) is 1.43. The van der Waals surface area contributed by atoms with Gasteiger partial charge in [0.1, 0.15) is 11.9 Å². The number of carbonyl (C=O) groups excluding carboxylic acids is 2. The molecule has 0 bridgehead atoms. The van der Waals surface area contributed by atoms with Crippen LogP contribution >= 0.6 is 22.9 Å². The van der Waals surface area contributed by atoms with E-state index in [9.17, 15) is 19.7 Å². The van der Waals surface area contributed by atoms with Crippen molar-refractivity contribution in [3.05, 3.63) is 80.4 Å². The maximum atomic E-state index is 12.7. The van der Waals surface area contributed by atoms with Gasteiger partial charge in [0.25, 0.3) is 11.6 Å². The molecule has 1 amide bonds. The molecule has 2 heterocycles. The summed E-state index contributed by atoms with van der Waals surface area (Å²) in [6, 6.07) is 11.0. The van der Waals surface area contributed by atoms with Crippen molar-refractivity contribution in [2.45, 2.75) is 38.0 Å². The summed E-state index contributed by atoms with van der Waals surface area (Å²) in [5.74, 6) is -0.00454. The number of hydrogen-bond acceptors (Lipinski definition) is 8. The number of amides is 1. The molecule has 5 rings (SSSR count). The number of carbonyl (C=O) groups is 2. The van der Waals surface area contributed by atoms with Crippen molar-refractivity contribution in [1.29, 1.82) is 0 Å². The zero-order valence-electron chi connectivity index (χ0n) is 21.1. The average molecular weight is 565 g/mol. The van der Waals surface area contributed by atoms with Gasteiger partial charge in [-0.05, 0) is 72.7 Å². The van der Waals surface area contributed by atoms with Crippen LogP contribution in [-0.2, 0) is 9.53 Å². The lowest BCUT2D eigenvalue weighted by molar-refractivity contribution is -0.385. The number of benzene rings is 2. The number of esters is 1. The molecule has 4 aromatic rings. The predicted octanol–water partition coefficient (Wildman–Crippen LogP) is 7.01. The normalized spacial score (nSPS) is 17.1. The molecule has 0 saturated heterocycles. The monoisotopic (exact) mass is 564 g/mol. The number of rotatable bonds is 7. The maximum Gasteiger partial charge on any atom is 0.305 e. The number of ether oxygens (including phenoxy) is 1. The minimum atomic E-state index is -0.620. The Morgan fingerprint density at radius 1 is 1.13 bits per heavy atom. The Morgan fingerprint density at radius 2 is 1.87 bits per heavy atom. The van der Waals surface area contributed by atoms with Crippen molar-refractivity contribution < 1.29 is 19.2 Å². The topological polar surface area (TPSA) is 124 Å². The van der Waals surface area contributed by atoms with Crippen LogP contribution in [0.25, 0.3) is 21.5 Å². The molecule has 1 aliphatic rings. The number of nitrogens with one attached hydrogen (secondary N) is 1. The fourth-order valence-electron chi connectivity index (χ4n) is 5.12. The Kier molecular flexibility index (Phi) is 7.85. The molecule has 200 valence electrons. The summed E-state index contributed by atoms with van der Waals surface area (Å²) < 4.78 is 5.82. The lowest BCUT2D eigenvalue weighted by atomic mass is 9.78. The van der Waals surface area contributed by atoms with E-state index in [1.807, 2.05) is 12.1 Å². The van der Waals surface area contributed by atoms with Crippen LogP contribution in [0.3, 0.4) is 0 Å². The van der Waals surface area contributed by atoms with E-state index >= 15 is 0 Å². The first-order valence-electron chi connectivity index (χ1n) is 12.5. The molecule has 0 atom stereocenters. The number of nitrogens with zero attached hydrogens (tertiary/aromatic N) is 3. The summed E-state index contributed by atoms with van der Waals surface area (Å²) in [6.07, 6.45) is 6.04. The number of aromatic nitrogens is 2. The van der Waals surface area contributed by atoms with Crippen LogP contribution in [0.1, 0.15) is 53.9 Å². The number of nitro groups is 1. The highest BCUT2D eigenvalue weighted by molar-refractivity contribution is 7.17. The second-order valence-electron chi connectivity index (χ2n) is 9.54. The second-order valence-corrected chi connectivity index (χ2v) is 10.9. The van der Waals surface area contributed by atoms with Gasteiger partial charge in [-0.1, -0.05) is 23.7 Å². The third kappa shape index (κ3) is 5.76. The van der Waals surface area contributed by atoms with Crippen molar-refractivity contribution in [2.24, 2.45) is 5.92 Å². The van der Waals surface area contributed by atoms with Crippen molar-refractivity contribution in [1.82, 2.24) is 9.97 Å². The van der Waals surface area contributed by atoms with Gasteiger partial charge < -0.3 is 10.1 Å². The van der Waals surface area contributed by atoms with Crippen LogP contribution in [0, 0.1) is 16.0 Å². The number of hydrogen-bond donors (Lipinski definition) is 1. The molecule has 2 aromatic heterocycles. The van der Waals surface area contributed by atoms with Gasteiger partial charge in [-0.2, -0.15) is 0 Å². The fourth-order valence-corrected chi connectivity index (χ4v) is 6.41. The van der Waals surface area contributed by atoms with Gasteiger partial charge in [-0.3, -0.25) is 19.7 Å². The predicted molar refractivity (Wildman–Crippen MR) is 150 cm³/mol. The maximum absolute atomic E-state index is 12.7. The lowest BCUT2D eigenvalue weighted by Crippen LogP contribution is -2.17. The van der Waals surface area contributed by atoms with E-state index in [0.717, 1.165) is 47.2 Å². The van der Waals surface area contributed by atoms with Crippen LogP contribution < -0.4 is 5.32 Å². The van der Waals surface area contributed by atoms with E-state index < -0.39 is 10.8 Å². The van der Waals surface area contributed by atoms with Gasteiger partial charge in [-0.25, -0.2) is 9.97 Å². The fraction of sp³-hybridized carbons (Fsp3) is 0.286. The van der Waals surface area contributed by atoms with Crippen LogP contribution in [0.15, 0.2) is 54.2 Å². The SMILES string of the molecule is COC(=O)CC1CCC(c2csc3c(-c4ccc(NC(=O)c5cc(Cl)ccc5[N+](=O)[O-])cc4)ncnc23)CC1. The standard InChI is InChI=1S/C28H25ClN4O5S/c1-38-24(34)12-16-2-4-17(5-3-16)22-14-39-27-25(30-15-31-26(22)27)18-6-9-20(10-7-18)32-28(35)21-13-19(29)8-11-23(21)33(36)37/h6-11,13-17H,2-5,12H2,1H3,(H,32,35). The molecule has 11 heteroatoms. The third-order valence-corrected chi connectivity index (χ3v) is 8.40. The molecular formula is C28H25ClN4O5S. The first-order chi connectivity index (χ1) is 18.8. The molecule has 0 spiro atoms. The Bertz CT molecular complexity index is 1550. The van der Waals surface area contributed by atoms with Crippen LogP contribution in [0.5, 0.6) is 0 Å². The van der Waals surface area contributed by atoms with E-state index in [1.54, 1.807) is 29.8 Å². The van der Waals surface area contributed by atoms with Gasteiger partial charge in [-0.15, -0.1) is 11.3 Å². The molecule has 9 nitrogen and oxygen atoms in total. The van der Waals surface area contributed by atoms with Gasteiger partial charge in [0.15, 0.2) is 0 Å². The second kappa shape index (κ2) is 11.5. The third-order valence-electron chi connectivity index (χ3n) is 7.17. The number of nitro benzene ring substituents is 1. The molecule has 0 unspecified atom stereocenters. The molecule has 1 fully saturated rings. The molecule has 1 aliphatic carbocycles. The minimum Gasteiger partial charge on any atom is -0.469 e. The van der Waals surface area contributed by atoms with Gasteiger partial charge >= 0.3 is 5.97 Å². The molecule has 1 saturated carbocycles. The molecular weight excluding hydrogens is 540 g/mol. The zero-order valence-corrected chi connectivity index (χ0v) is 22.6. The summed E-state index contributed by atoms with van der Waals surface area (Å²) in [5, 5.41) is 16.4. The Hall–Kier alpha value is -3.89. The Balaban J connectivity index is 1.32. The number of methoxy groups -OCH3 is 1. The number of anilines is 1. The van der Waals surface area contributed by atoms with E-state index in [4.69, 9.17) is 16.3 Å². The van der Waals surface area contributed by atoms with Crippen LogP contribution in [0.2, 0.25) is 5.02 Å².